The summed E-state index contributed by atoms with van der Waals surface area (Å²) in [5.41, 5.74) is 8.93. The minimum absolute atomic E-state index is 0.0156. The molecule has 0 aromatic heterocycles. The van der Waals surface area contributed by atoms with Gasteiger partial charge in [0.2, 0.25) is 0 Å². The number of nitrogens with zero attached hydrogens (tertiary/aromatic N) is 1. The van der Waals surface area contributed by atoms with Gasteiger partial charge in [-0.3, -0.25) is 0 Å². The molecule has 0 unspecified atom stereocenters. The number of hydrogen-bond donors (Lipinski definition) is 2. The van der Waals surface area contributed by atoms with Crippen LogP contribution >= 0.6 is 0 Å². The first-order valence-electron chi connectivity index (χ1n) is 3.21. The van der Waals surface area contributed by atoms with Gasteiger partial charge in [0.15, 0.2) is 0 Å². The van der Waals surface area contributed by atoms with E-state index in [-0.39, 0.29) is 12.5 Å². The van der Waals surface area contributed by atoms with E-state index in [9.17, 15) is 0 Å². The highest BCUT2D eigenvalue weighted by Gasteiger charge is 2.30. The van der Waals surface area contributed by atoms with Gasteiger partial charge in [0.1, 0.15) is 0 Å². The number of hydrogen-bond acceptors (Lipinski definition) is 2. The van der Waals surface area contributed by atoms with Gasteiger partial charge in [0, 0.05) is 18.6 Å². The second-order valence-corrected chi connectivity index (χ2v) is 2.64. The number of aliphatic hydroxyl groups is 2. The fourth-order valence-corrected chi connectivity index (χ4v) is 1.27. The van der Waals surface area contributed by atoms with Crippen LogP contribution in [0.3, 0.4) is 0 Å². The highest BCUT2D eigenvalue weighted by molar-refractivity contribution is 4.84. The quantitative estimate of drug-likeness (QED) is 0.486. The minimum atomic E-state index is -0.495. The van der Waals surface area contributed by atoms with Crippen LogP contribution in [-0.4, -0.2) is 29.0 Å². The van der Waals surface area contributed by atoms with Crippen molar-refractivity contribution in [2.75, 3.05) is 6.61 Å². The lowest BCUT2D eigenvalue weighted by molar-refractivity contribution is 0.0908. The Bertz CT molecular complexity index is 97.1. The summed E-state index contributed by atoms with van der Waals surface area (Å²) in [6.45, 7) is -0.0156. The van der Waals surface area contributed by atoms with E-state index in [2.05, 4.69) is 0 Å². The molecule has 2 N–H and O–H groups in total. The van der Waals surface area contributed by atoms with E-state index in [0.29, 0.717) is 12.8 Å². The van der Waals surface area contributed by atoms with Crippen LogP contribution in [0.4, 0.5) is 0 Å². The first kappa shape index (κ1) is 6.99. The molecule has 0 amide bonds. The Kier molecular flexibility index (Phi) is 2.05. The van der Waals surface area contributed by atoms with Crippen LogP contribution in [-0.2, 0) is 0 Å². The van der Waals surface area contributed by atoms with Gasteiger partial charge >= 0.3 is 0 Å². The third-order valence-electron chi connectivity index (χ3n) is 1.87. The molecule has 9 heavy (non-hydrogen) atoms. The van der Waals surface area contributed by atoms with Gasteiger partial charge in [0.25, 0.3) is 0 Å². The van der Waals surface area contributed by atoms with E-state index in [1.54, 1.807) is 0 Å². The molecular formula is C6H11NO2. The Balaban J connectivity index is 2.38. The molecule has 0 saturated heterocycles. The average molecular weight is 129 g/mol. The molecule has 0 heterocycles. The predicted molar refractivity (Wildman–Crippen MR) is 31.7 cm³/mol. The summed E-state index contributed by atoms with van der Waals surface area (Å²) in [7, 11) is 0. The lowest BCUT2D eigenvalue weighted by Gasteiger charge is -2.08. The molecule has 3 atom stereocenters. The fraction of sp³-hybridized carbons (Fsp3) is 1.00. The van der Waals surface area contributed by atoms with Crippen molar-refractivity contribution in [3.8, 4) is 0 Å². The van der Waals surface area contributed by atoms with E-state index in [0.717, 1.165) is 0 Å². The molecule has 0 spiro atoms. The summed E-state index contributed by atoms with van der Waals surface area (Å²) in [5.74, 6) is -0.0972. The van der Waals surface area contributed by atoms with E-state index in [1.807, 2.05) is 0 Å². The third-order valence-corrected chi connectivity index (χ3v) is 1.87. The van der Waals surface area contributed by atoms with Crippen molar-refractivity contribution in [2.45, 2.75) is 25.0 Å². The Morgan fingerprint density at radius 3 is 2.33 bits per heavy atom. The molecular weight excluding hydrogens is 118 g/mol. The summed E-state index contributed by atoms with van der Waals surface area (Å²) in [4.78, 5) is 0. The average Bonchev–Trinajstić information content (AvgIpc) is 2.10. The van der Waals surface area contributed by atoms with E-state index < -0.39 is 12.1 Å². The van der Waals surface area contributed by atoms with Crippen LogP contribution in [0.25, 0.3) is 0 Å². The highest BCUT2D eigenvalue weighted by Crippen LogP contribution is 2.24. The van der Waals surface area contributed by atoms with Crippen LogP contribution in [0.2, 0.25) is 0 Å². The minimum Gasteiger partial charge on any atom is -0.396 e. The molecule has 1 rings (SSSR count). The number of rotatable bonds is 1. The van der Waals surface area contributed by atoms with Crippen LogP contribution < -0.4 is 5.73 Å². The zero-order valence-electron chi connectivity index (χ0n) is 5.20. The second-order valence-electron chi connectivity index (χ2n) is 2.64. The summed E-state index contributed by atoms with van der Waals surface area (Å²) in [6, 6.07) is -0.405. The molecule has 1 aliphatic rings. The monoisotopic (exact) mass is 129 g/mol. The van der Waals surface area contributed by atoms with Crippen LogP contribution in [0.15, 0.2) is 0 Å². The van der Waals surface area contributed by atoms with Crippen molar-refractivity contribution in [1.82, 2.24) is 5.73 Å². The summed E-state index contributed by atoms with van der Waals surface area (Å²) in [5, 5.41) is 17.6. The van der Waals surface area contributed by atoms with Gasteiger partial charge in [0.05, 0.1) is 6.10 Å². The smallest absolute Gasteiger partial charge is 0.0606 e. The summed E-state index contributed by atoms with van der Waals surface area (Å²) < 4.78 is 0. The second kappa shape index (κ2) is 2.64. The zero-order chi connectivity index (χ0) is 6.85. The van der Waals surface area contributed by atoms with Crippen molar-refractivity contribution < 1.29 is 10.2 Å². The van der Waals surface area contributed by atoms with Gasteiger partial charge in [-0.05, 0) is 12.8 Å². The predicted octanol–water partition coefficient (Wildman–Crippen LogP) is -0.813. The largest absolute Gasteiger partial charge is 0.396 e. The van der Waals surface area contributed by atoms with Crippen molar-refractivity contribution in [2.24, 2.45) is 5.92 Å². The van der Waals surface area contributed by atoms with E-state index >= 15 is 0 Å². The van der Waals surface area contributed by atoms with Crippen molar-refractivity contribution >= 4 is 0 Å². The van der Waals surface area contributed by atoms with Crippen molar-refractivity contribution in [3.05, 3.63) is 0 Å². The fourth-order valence-electron chi connectivity index (χ4n) is 1.27. The molecule has 0 aromatic carbocycles. The zero-order valence-corrected chi connectivity index (χ0v) is 5.20. The molecule has 1 aliphatic carbocycles. The molecule has 2 radical (unpaired) electrons. The Morgan fingerprint density at radius 1 is 1.44 bits per heavy atom. The standard InChI is InChI=1S/C6H11NO2/c7-5-1-4(3-8)6(9)2-5/h4-6,8-9H,1-3H2/t4-,5-,6+/m1/s1. The van der Waals surface area contributed by atoms with Crippen LogP contribution in [0.5, 0.6) is 0 Å². The lowest BCUT2D eigenvalue weighted by atomic mass is 10.1. The Hall–Kier alpha value is -0.120. The van der Waals surface area contributed by atoms with Crippen molar-refractivity contribution in [1.29, 1.82) is 0 Å². The molecule has 1 fully saturated rings. The van der Waals surface area contributed by atoms with Gasteiger partial charge < -0.3 is 10.2 Å². The molecule has 0 bridgehead atoms. The summed E-state index contributed by atoms with van der Waals surface area (Å²) in [6.07, 6.45) is 0.466. The van der Waals surface area contributed by atoms with Crippen LogP contribution in [0, 0.1) is 5.92 Å². The molecule has 52 valence electrons. The molecule has 3 heteroatoms. The third kappa shape index (κ3) is 1.41. The maximum atomic E-state index is 9.04. The summed E-state index contributed by atoms with van der Waals surface area (Å²) >= 11 is 0. The number of aliphatic hydroxyl groups excluding tert-OH is 2. The molecule has 3 nitrogen and oxygen atoms in total. The van der Waals surface area contributed by atoms with E-state index in [4.69, 9.17) is 15.9 Å². The normalized spacial score (nSPS) is 43.7. The lowest BCUT2D eigenvalue weighted by Crippen LogP contribution is -2.16. The van der Waals surface area contributed by atoms with Gasteiger partial charge in [-0.25, -0.2) is 0 Å². The topological polar surface area (TPSA) is 62.8 Å². The van der Waals surface area contributed by atoms with Gasteiger partial charge in [-0.15, -0.1) is 5.73 Å². The Morgan fingerprint density at radius 2 is 2.11 bits per heavy atom. The first-order valence-corrected chi connectivity index (χ1v) is 3.21. The maximum Gasteiger partial charge on any atom is 0.0606 e. The first-order chi connectivity index (χ1) is 4.24. The molecule has 0 aromatic rings. The van der Waals surface area contributed by atoms with Crippen molar-refractivity contribution in [3.63, 3.8) is 0 Å². The van der Waals surface area contributed by atoms with E-state index in [1.165, 1.54) is 0 Å². The molecule has 0 aliphatic heterocycles. The van der Waals surface area contributed by atoms with Crippen LogP contribution in [0.1, 0.15) is 12.8 Å². The van der Waals surface area contributed by atoms with Gasteiger partial charge in [-0.1, -0.05) is 0 Å². The highest BCUT2D eigenvalue weighted by atomic mass is 16.3. The van der Waals surface area contributed by atoms with Gasteiger partial charge in [-0.2, -0.15) is 0 Å². The molecule has 1 saturated carbocycles. The Labute approximate surface area is 54.5 Å². The SMILES string of the molecule is [N][C@@H]1C[C@H](CO)[C@@H](O)C1. The maximum absolute atomic E-state index is 9.04.